The molecule has 0 radical (unpaired) electrons. The Morgan fingerprint density at radius 2 is 1.82 bits per heavy atom. The Balaban J connectivity index is 1.36. The van der Waals surface area contributed by atoms with Crippen LogP contribution in [0, 0.1) is 0 Å². The van der Waals surface area contributed by atoms with E-state index >= 15 is 0 Å². The maximum absolute atomic E-state index is 12.4. The molecule has 1 unspecified atom stereocenters. The van der Waals surface area contributed by atoms with Crippen LogP contribution in [0.4, 0.5) is 0 Å². The average Bonchev–Trinajstić information content (AvgIpc) is 3.15. The van der Waals surface area contributed by atoms with Gasteiger partial charge in [0.05, 0.1) is 19.2 Å². The Kier molecular flexibility index (Phi) is 5.15. The van der Waals surface area contributed by atoms with Gasteiger partial charge in [-0.15, -0.1) is 0 Å². The normalized spacial score (nSPS) is 14.7. The maximum atomic E-state index is 12.4. The van der Waals surface area contributed by atoms with Gasteiger partial charge in [-0.25, -0.2) is 0 Å². The Morgan fingerprint density at radius 1 is 1.04 bits per heavy atom. The molecule has 1 aliphatic rings. The zero-order valence-corrected chi connectivity index (χ0v) is 15.6. The SMILES string of the molecule is COc1ccccc1C(=O)NCC1Cc2cc(Oc3ccccc3)ccc2O1. The van der Waals surface area contributed by atoms with E-state index in [0.29, 0.717) is 24.3 Å². The fraction of sp³-hybridized carbons (Fsp3) is 0.174. The Hall–Kier alpha value is -3.47. The van der Waals surface area contributed by atoms with E-state index in [1.165, 1.54) is 0 Å². The maximum Gasteiger partial charge on any atom is 0.255 e. The molecule has 0 bridgehead atoms. The van der Waals surface area contributed by atoms with Crippen LogP contribution in [-0.2, 0) is 6.42 Å². The second-order valence-electron chi connectivity index (χ2n) is 6.54. The monoisotopic (exact) mass is 375 g/mol. The predicted octanol–water partition coefficient (Wildman–Crippen LogP) is 4.22. The van der Waals surface area contributed by atoms with Crippen molar-refractivity contribution in [3.8, 4) is 23.0 Å². The molecule has 3 aromatic carbocycles. The summed E-state index contributed by atoms with van der Waals surface area (Å²) in [6.07, 6.45) is 0.605. The number of carbonyl (C=O) groups is 1. The second kappa shape index (κ2) is 8.05. The van der Waals surface area contributed by atoms with E-state index in [2.05, 4.69) is 5.32 Å². The third kappa shape index (κ3) is 3.93. The lowest BCUT2D eigenvalue weighted by atomic mass is 10.1. The standard InChI is InChI=1S/C23H21NO4/c1-26-22-10-6-5-9-20(22)23(25)24-15-19-14-16-13-18(11-12-21(16)28-19)27-17-7-3-2-4-8-17/h2-13,19H,14-15H2,1H3,(H,24,25). The number of benzene rings is 3. The fourth-order valence-electron chi connectivity index (χ4n) is 3.23. The van der Waals surface area contributed by atoms with Crippen LogP contribution in [-0.4, -0.2) is 25.7 Å². The lowest BCUT2D eigenvalue weighted by Gasteiger charge is -2.13. The van der Waals surface area contributed by atoms with Crippen LogP contribution in [0.1, 0.15) is 15.9 Å². The van der Waals surface area contributed by atoms with Crippen molar-refractivity contribution in [2.24, 2.45) is 0 Å². The van der Waals surface area contributed by atoms with Crippen molar-refractivity contribution in [1.82, 2.24) is 5.32 Å². The Labute approximate surface area is 163 Å². The zero-order valence-electron chi connectivity index (χ0n) is 15.6. The largest absolute Gasteiger partial charge is 0.496 e. The molecule has 28 heavy (non-hydrogen) atoms. The van der Waals surface area contributed by atoms with Crippen LogP contribution in [0.15, 0.2) is 72.8 Å². The summed E-state index contributed by atoms with van der Waals surface area (Å²) in [5, 5.41) is 2.93. The first-order valence-corrected chi connectivity index (χ1v) is 9.16. The third-order valence-corrected chi connectivity index (χ3v) is 4.59. The summed E-state index contributed by atoms with van der Waals surface area (Å²) in [5.74, 6) is 2.77. The number of ether oxygens (including phenoxy) is 3. The van der Waals surface area contributed by atoms with Gasteiger partial charge in [0.2, 0.25) is 0 Å². The fourth-order valence-corrected chi connectivity index (χ4v) is 3.23. The summed E-state index contributed by atoms with van der Waals surface area (Å²) in [5.41, 5.74) is 1.59. The molecule has 1 heterocycles. The van der Waals surface area contributed by atoms with Crippen molar-refractivity contribution in [2.75, 3.05) is 13.7 Å². The van der Waals surface area contributed by atoms with Crippen LogP contribution < -0.4 is 19.5 Å². The van der Waals surface area contributed by atoms with Crippen molar-refractivity contribution in [2.45, 2.75) is 12.5 Å². The van der Waals surface area contributed by atoms with Crippen LogP contribution >= 0.6 is 0 Å². The minimum absolute atomic E-state index is 0.111. The first-order valence-electron chi connectivity index (χ1n) is 9.16. The third-order valence-electron chi connectivity index (χ3n) is 4.59. The van der Waals surface area contributed by atoms with Crippen LogP contribution in [0.3, 0.4) is 0 Å². The minimum Gasteiger partial charge on any atom is -0.496 e. The van der Waals surface area contributed by atoms with Crippen molar-refractivity contribution in [1.29, 1.82) is 0 Å². The first-order chi connectivity index (χ1) is 13.7. The second-order valence-corrected chi connectivity index (χ2v) is 6.54. The van der Waals surface area contributed by atoms with E-state index < -0.39 is 0 Å². The molecular formula is C23H21NO4. The molecule has 3 aromatic rings. The number of methoxy groups -OCH3 is 1. The summed E-state index contributed by atoms with van der Waals surface area (Å²) in [4.78, 5) is 12.4. The van der Waals surface area contributed by atoms with Crippen LogP contribution in [0.5, 0.6) is 23.0 Å². The summed E-state index contributed by atoms with van der Waals surface area (Å²) in [6, 6.07) is 22.6. The van der Waals surface area contributed by atoms with Gasteiger partial charge in [-0.2, -0.15) is 0 Å². The Bertz CT molecular complexity index is 971. The number of rotatable bonds is 6. The molecule has 0 fully saturated rings. The molecule has 0 spiro atoms. The number of hydrogen-bond acceptors (Lipinski definition) is 4. The number of carbonyl (C=O) groups excluding carboxylic acids is 1. The number of fused-ring (bicyclic) bond motifs is 1. The van der Waals surface area contributed by atoms with Gasteiger partial charge < -0.3 is 19.5 Å². The van der Waals surface area contributed by atoms with Crippen molar-refractivity contribution in [3.05, 3.63) is 83.9 Å². The molecule has 0 aliphatic carbocycles. The molecule has 5 nitrogen and oxygen atoms in total. The zero-order chi connectivity index (χ0) is 19.3. The highest BCUT2D eigenvalue weighted by Gasteiger charge is 2.24. The molecule has 1 amide bonds. The van der Waals surface area contributed by atoms with Gasteiger partial charge in [0.1, 0.15) is 29.1 Å². The van der Waals surface area contributed by atoms with Gasteiger partial charge in [-0.1, -0.05) is 30.3 Å². The van der Waals surface area contributed by atoms with Gasteiger partial charge in [0.15, 0.2) is 0 Å². The first kappa shape index (κ1) is 17.9. The number of hydrogen-bond donors (Lipinski definition) is 1. The lowest BCUT2D eigenvalue weighted by molar-refractivity contribution is 0.0930. The van der Waals surface area contributed by atoms with Gasteiger partial charge in [-0.05, 0) is 42.5 Å². The molecule has 142 valence electrons. The van der Waals surface area contributed by atoms with Gasteiger partial charge in [0.25, 0.3) is 5.91 Å². The highest BCUT2D eigenvalue weighted by molar-refractivity contribution is 5.96. The number of para-hydroxylation sites is 2. The number of amides is 1. The molecule has 1 atom stereocenters. The summed E-state index contributed by atoms with van der Waals surface area (Å²) in [7, 11) is 1.55. The van der Waals surface area contributed by atoms with Crippen molar-refractivity contribution >= 4 is 5.91 Å². The quantitative estimate of drug-likeness (QED) is 0.701. The van der Waals surface area contributed by atoms with Crippen LogP contribution in [0.2, 0.25) is 0 Å². The topological polar surface area (TPSA) is 56.8 Å². The lowest BCUT2D eigenvalue weighted by Crippen LogP contribution is -2.34. The molecule has 1 N–H and O–H groups in total. The number of nitrogens with one attached hydrogen (secondary N) is 1. The summed E-state index contributed by atoms with van der Waals surface area (Å²) in [6.45, 7) is 0.417. The van der Waals surface area contributed by atoms with E-state index in [-0.39, 0.29) is 12.0 Å². The molecule has 0 saturated carbocycles. The average molecular weight is 375 g/mol. The van der Waals surface area contributed by atoms with Gasteiger partial charge >= 0.3 is 0 Å². The van der Waals surface area contributed by atoms with E-state index in [4.69, 9.17) is 14.2 Å². The Morgan fingerprint density at radius 3 is 2.64 bits per heavy atom. The minimum atomic E-state index is -0.176. The molecule has 0 aromatic heterocycles. The van der Waals surface area contributed by atoms with E-state index in [9.17, 15) is 4.79 Å². The molecule has 1 aliphatic heterocycles. The van der Waals surface area contributed by atoms with Crippen molar-refractivity contribution in [3.63, 3.8) is 0 Å². The van der Waals surface area contributed by atoms with Crippen molar-refractivity contribution < 1.29 is 19.0 Å². The van der Waals surface area contributed by atoms with E-state index in [1.54, 1.807) is 19.2 Å². The summed E-state index contributed by atoms with van der Waals surface area (Å²) >= 11 is 0. The molecular weight excluding hydrogens is 354 g/mol. The summed E-state index contributed by atoms with van der Waals surface area (Å²) < 4.78 is 17.1. The molecule has 5 heteroatoms. The van der Waals surface area contributed by atoms with E-state index in [1.807, 2.05) is 60.7 Å². The molecule has 0 saturated heterocycles. The van der Waals surface area contributed by atoms with Crippen LogP contribution in [0.25, 0.3) is 0 Å². The van der Waals surface area contributed by atoms with E-state index in [0.717, 1.165) is 22.8 Å². The van der Waals surface area contributed by atoms with Gasteiger partial charge in [-0.3, -0.25) is 4.79 Å². The highest BCUT2D eigenvalue weighted by atomic mass is 16.5. The predicted molar refractivity (Wildman–Crippen MR) is 106 cm³/mol. The van der Waals surface area contributed by atoms with Gasteiger partial charge in [0, 0.05) is 12.0 Å². The highest BCUT2D eigenvalue weighted by Crippen LogP contribution is 2.33. The molecule has 4 rings (SSSR count). The smallest absolute Gasteiger partial charge is 0.255 e.